The van der Waals surface area contributed by atoms with Crippen LogP contribution in [-0.4, -0.2) is 9.97 Å². The van der Waals surface area contributed by atoms with E-state index >= 15 is 0 Å². The number of halogens is 2. The molecule has 0 saturated heterocycles. The van der Waals surface area contributed by atoms with Crippen LogP contribution >= 0.6 is 22.9 Å². The summed E-state index contributed by atoms with van der Waals surface area (Å²) in [6.07, 6.45) is 5.95. The Morgan fingerprint density at radius 1 is 1.23 bits per heavy atom. The fraction of sp³-hybridized carbons (Fsp3) is 0.125. The molecule has 2 heterocycles. The smallest absolute Gasteiger partial charge is 0.141 e. The molecule has 0 aliphatic heterocycles. The minimum atomic E-state index is -0.429. The van der Waals surface area contributed by atoms with Gasteiger partial charge < -0.3 is 5.73 Å². The number of thiazole rings is 1. The Labute approximate surface area is 136 Å². The number of nitrogens with zero attached hydrogens (tertiary/aromatic N) is 2. The summed E-state index contributed by atoms with van der Waals surface area (Å²) in [6, 6.07) is 8.32. The number of benzene rings is 1. The zero-order valence-electron chi connectivity index (χ0n) is 11.5. The van der Waals surface area contributed by atoms with Crippen molar-refractivity contribution in [2.24, 2.45) is 5.73 Å². The second kappa shape index (κ2) is 6.52. The minimum absolute atomic E-state index is 0.0998. The number of hydrogen-bond acceptors (Lipinski definition) is 4. The molecule has 3 rings (SSSR count). The van der Waals surface area contributed by atoms with E-state index in [4.69, 9.17) is 17.3 Å². The standard InChI is InChI=1S/C16H13ClFN3S/c17-13-7-11(1-2-14(13)18)16-21-9-12(22-16)8-15(19)10-3-5-20-6-4-10/h1-7,9,15H,8,19H2. The van der Waals surface area contributed by atoms with Crippen LogP contribution in [0, 0.1) is 5.82 Å². The monoisotopic (exact) mass is 333 g/mol. The highest BCUT2D eigenvalue weighted by Gasteiger charge is 2.11. The van der Waals surface area contributed by atoms with Crippen LogP contribution in [0.25, 0.3) is 10.6 Å². The van der Waals surface area contributed by atoms with Crippen molar-refractivity contribution in [1.29, 1.82) is 0 Å². The Hall–Kier alpha value is -1.82. The molecule has 1 atom stereocenters. The van der Waals surface area contributed by atoms with E-state index < -0.39 is 5.82 Å². The van der Waals surface area contributed by atoms with Gasteiger partial charge in [-0.25, -0.2) is 9.37 Å². The van der Waals surface area contributed by atoms with E-state index in [1.54, 1.807) is 30.7 Å². The van der Waals surface area contributed by atoms with Crippen molar-refractivity contribution in [2.45, 2.75) is 12.5 Å². The Bertz CT molecular complexity index is 776. The van der Waals surface area contributed by atoms with Gasteiger partial charge in [-0.2, -0.15) is 0 Å². The molecule has 3 nitrogen and oxygen atoms in total. The van der Waals surface area contributed by atoms with E-state index in [1.165, 1.54) is 17.4 Å². The molecular formula is C16H13ClFN3S. The van der Waals surface area contributed by atoms with Gasteiger partial charge in [0.15, 0.2) is 0 Å². The number of pyridine rings is 1. The Morgan fingerprint density at radius 2 is 2.00 bits per heavy atom. The topological polar surface area (TPSA) is 51.8 Å². The molecule has 0 saturated carbocycles. The van der Waals surface area contributed by atoms with Crippen LogP contribution in [-0.2, 0) is 6.42 Å². The van der Waals surface area contributed by atoms with Gasteiger partial charge in [-0.1, -0.05) is 11.6 Å². The third-order valence-electron chi connectivity index (χ3n) is 3.28. The molecule has 0 spiro atoms. The zero-order valence-corrected chi connectivity index (χ0v) is 13.1. The van der Waals surface area contributed by atoms with Crippen molar-refractivity contribution < 1.29 is 4.39 Å². The second-order valence-corrected chi connectivity index (χ2v) is 6.37. The number of hydrogen-bond donors (Lipinski definition) is 1. The van der Waals surface area contributed by atoms with Gasteiger partial charge in [0.25, 0.3) is 0 Å². The third-order valence-corrected chi connectivity index (χ3v) is 4.63. The highest BCUT2D eigenvalue weighted by atomic mass is 35.5. The second-order valence-electron chi connectivity index (χ2n) is 4.85. The van der Waals surface area contributed by atoms with Crippen molar-refractivity contribution in [2.75, 3.05) is 0 Å². The molecule has 1 aromatic carbocycles. The molecule has 2 aromatic heterocycles. The summed E-state index contributed by atoms with van der Waals surface area (Å²) in [5.74, 6) is -0.429. The van der Waals surface area contributed by atoms with E-state index in [0.29, 0.717) is 6.42 Å². The fourth-order valence-electron chi connectivity index (χ4n) is 2.11. The predicted octanol–water partition coefficient (Wildman–Crippen LogP) is 4.24. The average Bonchev–Trinajstić information content (AvgIpc) is 2.99. The van der Waals surface area contributed by atoms with Gasteiger partial charge in [0.1, 0.15) is 10.8 Å². The highest BCUT2D eigenvalue weighted by molar-refractivity contribution is 7.15. The van der Waals surface area contributed by atoms with E-state index in [9.17, 15) is 4.39 Å². The lowest BCUT2D eigenvalue weighted by Gasteiger charge is -2.09. The lowest BCUT2D eigenvalue weighted by atomic mass is 10.1. The maximum Gasteiger partial charge on any atom is 0.141 e. The maximum atomic E-state index is 13.2. The van der Waals surface area contributed by atoms with Gasteiger partial charge in [0.2, 0.25) is 0 Å². The molecular weight excluding hydrogens is 321 g/mol. The maximum absolute atomic E-state index is 13.2. The van der Waals surface area contributed by atoms with Crippen LogP contribution in [0.15, 0.2) is 48.9 Å². The van der Waals surface area contributed by atoms with E-state index in [0.717, 1.165) is 21.0 Å². The molecule has 0 radical (unpaired) electrons. The van der Waals surface area contributed by atoms with Gasteiger partial charge in [-0.05, 0) is 35.9 Å². The van der Waals surface area contributed by atoms with Crippen LogP contribution in [0.3, 0.4) is 0 Å². The van der Waals surface area contributed by atoms with Gasteiger partial charge in [0, 0.05) is 41.5 Å². The summed E-state index contributed by atoms with van der Waals surface area (Å²) in [7, 11) is 0. The lowest BCUT2D eigenvalue weighted by Crippen LogP contribution is -2.12. The molecule has 22 heavy (non-hydrogen) atoms. The van der Waals surface area contributed by atoms with Crippen LogP contribution in [0.5, 0.6) is 0 Å². The van der Waals surface area contributed by atoms with E-state index in [-0.39, 0.29) is 11.1 Å². The molecule has 0 aliphatic carbocycles. The average molecular weight is 334 g/mol. The number of aromatic nitrogens is 2. The number of nitrogens with two attached hydrogens (primary N) is 1. The molecule has 6 heteroatoms. The first-order valence-corrected chi connectivity index (χ1v) is 7.88. The highest BCUT2D eigenvalue weighted by Crippen LogP contribution is 2.30. The summed E-state index contributed by atoms with van der Waals surface area (Å²) in [6.45, 7) is 0. The fourth-order valence-corrected chi connectivity index (χ4v) is 3.26. The first-order chi connectivity index (χ1) is 10.6. The molecule has 0 aliphatic rings. The number of rotatable bonds is 4. The van der Waals surface area contributed by atoms with Gasteiger partial charge in [0.05, 0.1) is 5.02 Å². The SMILES string of the molecule is NC(Cc1cnc(-c2ccc(F)c(Cl)c2)s1)c1ccncc1. The Kier molecular flexibility index (Phi) is 4.47. The van der Waals surface area contributed by atoms with Crippen molar-refractivity contribution >= 4 is 22.9 Å². The van der Waals surface area contributed by atoms with Crippen LogP contribution < -0.4 is 5.73 Å². The van der Waals surface area contributed by atoms with Gasteiger partial charge in [-0.3, -0.25) is 4.98 Å². The first-order valence-electron chi connectivity index (χ1n) is 6.69. The first kappa shape index (κ1) is 15.1. The van der Waals surface area contributed by atoms with Gasteiger partial charge >= 0.3 is 0 Å². The lowest BCUT2D eigenvalue weighted by molar-refractivity contribution is 0.628. The summed E-state index contributed by atoms with van der Waals surface area (Å²) in [5, 5.41) is 0.904. The molecule has 0 fully saturated rings. The summed E-state index contributed by atoms with van der Waals surface area (Å²) in [5.41, 5.74) is 8.04. The predicted molar refractivity (Wildman–Crippen MR) is 87.4 cm³/mol. The quantitative estimate of drug-likeness (QED) is 0.777. The summed E-state index contributed by atoms with van der Waals surface area (Å²) >= 11 is 7.35. The Balaban J connectivity index is 1.77. The van der Waals surface area contributed by atoms with E-state index in [1.807, 2.05) is 12.1 Å². The largest absolute Gasteiger partial charge is 0.324 e. The van der Waals surface area contributed by atoms with Crippen LogP contribution in [0.2, 0.25) is 5.02 Å². The summed E-state index contributed by atoms with van der Waals surface area (Å²) in [4.78, 5) is 9.43. The van der Waals surface area contributed by atoms with Crippen LogP contribution in [0.1, 0.15) is 16.5 Å². The zero-order chi connectivity index (χ0) is 15.5. The van der Waals surface area contributed by atoms with Crippen molar-refractivity contribution in [3.8, 4) is 10.6 Å². The van der Waals surface area contributed by atoms with Crippen LogP contribution in [0.4, 0.5) is 4.39 Å². The molecule has 3 aromatic rings. The molecule has 2 N–H and O–H groups in total. The third kappa shape index (κ3) is 3.32. The summed E-state index contributed by atoms with van der Waals surface area (Å²) < 4.78 is 13.2. The van der Waals surface area contributed by atoms with Gasteiger partial charge in [-0.15, -0.1) is 11.3 Å². The normalized spacial score (nSPS) is 12.3. The van der Waals surface area contributed by atoms with E-state index in [2.05, 4.69) is 9.97 Å². The molecule has 0 amide bonds. The minimum Gasteiger partial charge on any atom is -0.324 e. The molecule has 0 bridgehead atoms. The Morgan fingerprint density at radius 3 is 2.73 bits per heavy atom. The van der Waals surface area contributed by atoms with Crippen molar-refractivity contribution in [1.82, 2.24) is 9.97 Å². The van der Waals surface area contributed by atoms with Crippen molar-refractivity contribution in [3.63, 3.8) is 0 Å². The molecule has 112 valence electrons. The van der Waals surface area contributed by atoms with Crippen molar-refractivity contribution in [3.05, 3.63) is 70.2 Å². The molecule has 1 unspecified atom stereocenters.